The molecule has 216 valence electrons. The summed E-state index contributed by atoms with van der Waals surface area (Å²) in [6.45, 7) is 4.70. The van der Waals surface area contributed by atoms with Crippen LogP contribution in [0.2, 0.25) is 0 Å². The van der Waals surface area contributed by atoms with Gasteiger partial charge in [0.05, 0.1) is 51.2 Å². The van der Waals surface area contributed by atoms with Crippen LogP contribution in [0.15, 0.2) is 41.8 Å². The Hall–Kier alpha value is -4.43. The number of anilines is 3. The molecule has 1 fully saturated rings. The lowest BCUT2D eigenvalue weighted by Crippen LogP contribution is -2.37. The first-order valence-corrected chi connectivity index (χ1v) is 14.0. The predicted molar refractivity (Wildman–Crippen MR) is 153 cm³/mol. The second-order valence-corrected chi connectivity index (χ2v) is 9.70. The highest BCUT2D eigenvalue weighted by Crippen LogP contribution is 2.29. The fourth-order valence-electron chi connectivity index (χ4n) is 4.15. The van der Waals surface area contributed by atoms with Crippen molar-refractivity contribution >= 4 is 35.1 Å². The van der Waals surface area contributed by atoms with Crippen LogP contribution in [-0.2, 0) is 15.9 Å². The molecule has 1 aliphatic rings. The van der Waals surface area contributed by atoms with Crippen LogP contribution in [0.4, 0.5) is 22.5 Å². The molecule has 0 saturated carbocycles. The summed E-state index contributed by atoms with van der Waals surface area (Å²) >= 11 is 1.49. The van der Waals surface area contributed by atoms with Crippen molar-refractivity contribution in [3.05, 3.63) is 47.3 Å². The molecule has 1 aromatic carbocycles. The Bertz CT molecular complexity index is 1460. The van der Waals surface area contributed by atoms with E-state index in [2.05, 4.69) is 25.4 Å². The number of nitrogens with one attached hydrogen (secondary N) is 1. The molecule has 4 aromatic rings. The van der Waals surface area contributed by atoms with Crippen LogP contribution in [0.1, 0.15) is 12.5 Å². The third-order valence-electron chi connectivity index (χ3n) is 6.13. The van der Waals surface area contributed by atoms with Crippen molar-refractivity contribution in [2.24, 2.45) is 0 Å². The van der Waals surface area contributed by atoms with Crippen molar-refractivity contribution in [1.29, 1.82) is 0 Å². The minimum atomic E-state index is -0.576. The van der Waals surface area contributed by atoms with Crippen LogP contribution in [0.5, 0.6) is 17.5 Å². The molecule has 41 heavy (non-hydrogen) atoms. The van der Waals surface area contributed by atoms with Crippen molar-refractivity contribution in [2.45, 2.75) is 13.3 Å². The summed E-state index contributed by atoms with van der Waals surface area (Å²) in [5.41, 5.74) is 1.60. The van der Waals surface area contributed by atoms with Crippen LogP contribution in [0, 0.1) is 0 Å². The lowest BCUT2D eigenvalue weighted by molar-refractivity contribution is 0.122. The Morgan fingerprint density at radius 1 is 1.07 bits per heavy atom. The van der Waals surface area contributed by atoms with E-state index < -0.39 is 6.09 Å². The lowest BCUT2D eigenvalue weighted by atomic mass is 10.1. The highest BCUT2D eigenvalue weighted by atomic mass is 32.1. The molecule has 0 bridgehead atoms. The van der Waals surface area contributed by atoms with Crippen LogP contribution in [0.25, 0.3) is 10.6 Å². The van der Waals surface area contributed by atoms with Gasteiger partial charge in [-0.05, 0) is 36.1 Å². The summed E-state index contributed by atoms with van der Waals surface area (Å²) in [4.78, 5) is 29.1. The van der Waals surface area contributed by atoms with Crippen LogP contribution in [-0.4, -0.2) is 84.6 Å². The quantitative estimate of drug-likeness (QED) is 0.274. The summed E-state index contributed by atoms with van der Waals surface area (Å²) in [6, 6.07) is 11.4. The van der Waals surface area contributed by atoms with Gasteiger partial charge in [-0.1, -0.05) is 12.1 Å². The summed E-state index contributed by atoms with van der Waals surface area (Å²) in [5, 5.41) is 9.47. The van der Waals surface area contributed by atoms with Crippen molar-refractivity contribution in [1.82, 2.24) is 24.7 Å². The fraction of sp³-hybridized carbons (Fsp3) is 0.370. The number of carbonyl (C=O) groups excluding carboxylic acids is 1. The molecule has 1 saturated heterocycles. The molecule has 1 aliphatic heterocycles. The van der Waals surface area contributed by atoms with Gasteiger partial charge >= 0.3 is 12.1 Å². The smallest absolute Gasteiger partial charge is 0.435 e. The third-order valence-corrected chi connectivity index (χ3v) is 7.02. The number of hydrogen-bond acceptors (Lipinski definition) is 13. The maximum absolute atomic E-state index is 12.6. The second kappa shape index (κ2) is 13.3. The van der Waals surface area contributed by atoms with E-state index in [0.717, 1.165) is 10.4 Å². The average molecular weight is 582 g/mol. The fourth-order valence-corrected chi connectivity index (χ4v) is 4.87. The predicted octanol–water partition coefficient (Wildman–Crippen LogP) is 4.02. The Balaban J connectivity index is 1.38. The zero-order chi connectivity index (χ0) is 28.6. The van der Waals surface area contributed by atoms with Gasteiger partial charge in [-0.2, -0.15) is 19.6 Å². The highest BCUT2D eigenvalue weighted by molar-refractivity contribution is 7.13. The van der Waals surface area contributed by atoms with Crippen molar-refractivity contribution in [3.63, 3.8) is 0 Å². The summed E-state index contributed by atoms with van der Waals surface area (Å²) in [5.74, 6) is 2.37. The van der Waals surface area contributed by atoms with Crippen LogP contribution >= 0.6 is 11.3 Å². The van der Waals surface area contributed by atoms with E-state index in [1.165, 1.54) is 16.0 Å². The number of thiophene rings is 1. The standard InChI is InChI=1S/C27H31N7O6S/c1-4-39-27(35)34-19(22-6-5-15-41-22)17-23(32-34)28-24-29-25(33-10-13-38-14-11-33)31-26(30-24)40-12-9-18-7-8-20(36-2)21(16-18)37-3/h5-8,15-17H,4,9-14H2,1-3H3,(H,28,29,30,31,32). The number of nitrogens with zero attached hydrogens (tertiary/aromatic N) is 6. The first kappa shape index (κ1) is 28.1. The normalized spacial score (nSPS) is 13.1. The van der Waals surface area contributed by atoms with Gasteiger partial charge in [-0.25, -0.2) is 4.79 Å². The van der Waals surface area contributed by atoms with Gasteiger partial charge in [0.15, 0.2) is 17.3 Å². The van der Waals surface area contributed by atoms with Crippen molar-refractivity contribution in [2.75, 3.05) is 64.0 Å². The topological polar surface area (TPSA) is 135 Å². The Kier molecular flexibility index (Phi) is 9.11. The summed E-state index contributed by atoms with van der Waals surface area (Å²) in [6.07, 6.45) is 0.0169. The maximum Gasteiger partial charge on any atom is 0.435 e. The molecular formula is C27H31N7O6S. The van der Waals surface area contributed by atoms with Crippen LogP contribution < -0.4 is 24.4 Å². The number of rotatable bonds is 11. The van der Waals surface area contributed by atoms with E-state index in [1.54, 1.807) is 27.2 Å². The number of aromatic nitrogens is 5. The molecule has 0 aliphatic carbocycles. The first-order valence-electron chi connectivity index (χ1n) is 13.1. The molecule has 1 N–H and O–H groups in total. The van der Waals surface area contributed by atoms with Gasteiger partial charge in [0, 0.05) is 25.6 Å². The number of ether oxygens (including phenoxy) is 5. The molecule has 0 radical (unpaired) electrons. The molecule has 14 heteroatoms. The van der Waals surface area contributed by atoms with Gasteiger partial charge in [-0.15, -0.1) is 16.4 Å². The third kappa shape index (κ3) is 6.84. The Labute approximate surface area is 241 Å². The van der Waals surface area contributed by atoms with Gasteiger partial charge in [0.1, 0.15) is 0 Å². The average Bonchev–Trinajstić information content (AvgIpc) is 3.68. The molecule has 0 unspecified atom stereocenters. The van der Waals surface area contributed by atoms with Gasteiger partial charge in [0.25, 0.3) is 0 Å². The zero-order valence-corrected chi connectivity index (χ0v) is 23.8. The number of carbonyl (C=O) groups is 1. The van der Waals surface area contributed by atoms with E-state index in [0.29, 0.717) is 68.3 Å². The first-order chi connectivity index (χ1) is 20.1. The molecule has 5 rings (SSSR count). The van der Waals surface area contributed by atoms with Crippen molar-refractivity contribution < 1.29 is 28.5 Å². The van der Waals surface area contributed by atoms with E-state index in [9.17, 15) is 4.79 Å². The van der Waals surface area contributed by atoms with E-state index in [-0.39, 0.29) is 18.6 Å². The van der Waals surface area contributed by atoms with Gasteiger partial charge in [-0.3, -0.25) is 0 Å². The number of hydrogen-bond donors (Lipinski definition) is 1. The largest absolute Gasteiger partial charge is 0.493 e. The SMILES string of the molecule is CCOC(=O)n1nc(Nc2nc(OCCc3ccc(OC)c(OC)c3)nc(N3CCOCC3)n2)cc1-c1cccs1. The van der Waals surface area contributed by atoms with E-state index in [1.807, 2.05) is 40.6 Å². The minimum absolute atomic E-state index is 0.160. The molecule has 0 atom stereocenters. The summed E-state index contributed by atoms with van der Waals surface area (Å²) in [7, 11) is 3.20. The van der Waals surface area contributed by atoms with Crippen molar-refractivity contribution in [3.8, 4) is 28.1 Å². The molecular weight excluding hydrogens is 550 g/mol. The number of benzene rings is 1. The van der Waals surface area contributed by atoms with Crippen LogP contribution in [0.3, 0.4) is 0 Å². The summed E-state index contributed by atoms with van der Waals surface area (Å²) < 4.78 is 28.6. The second-order valence-electron chi connectivity index (χ2n) is 8.76. The zero-order valence-electron chi connectivity index (χ0n) is 23.0. The number of morpholine rings is 1. The molecule has 3 aromatic heterocycles. The van der Waals surface area contributed by atoms with E-state index in [4.69, 9.17) is 23.7 Å². The van der Waals surface area contributed by atoms with Gasteiger partial charge < -0.3 is 33.9 Å². The number of methoxy groups -OCH3 is 2. The van der Waals surface area contributed by atoms with Gasteiger partial charge in [0.2, 0.25) is 11.9 Å². The Morgan fingerprint density at radius 2 is 1.90 bits per heavy atom. The van der Waals surface area contributed by atoms with E-state index >= 15 is 0 Å². The Morgan fingerprint density at radius 3 is 2.63 bits per heavy atom. The maximum atomic E-state index is 12.6. The lowest BCUT2D eigenvalue weighted by Gasteiger charge is -2.26. The molecule has 0 spiro atoms. The minimum Gasteiger partial charge on any atom is -0.493 e. The monoisotopic (exact) mass is 581 g/mol. The highest BCUT2D eigenvalue weighted by Gasteiger charge is 2.21. The molecule has 0 amide bonds. The molecule has 13 nitrogen and oxygen atoms in total. The molecule has 4 heterocycles.